The highest BCUT2D eigenvalue weighted by atomic mass is 32.2. The van der Waals surface area contributed by atoms with Crippen molar-refractivity contribution in [2.24, 2.45) is 27.6 Å². The summed E-state index contributed by atoms with van der Waals surface area (Å²) in [4.78, 5) is 15.6. The van der Waals surface area contributed by atoms with Crippen molar-refractivity contribution < 1.29 is 26.7 Å². The van der Waals surface area contributed by atoms with E-state index in [-0.39, 0.29) is 62.5 Å². The molecule has 1 aromatic rings. The topological polar surface area (TPSA) is 145 Å². The second-order valence-electron chi connectivity index (χ2n) is 11.5. The highest BCUT2D eigenvalue weighted by molar-refractivity contribution is 7.91. The number of amides is 1. The fourth-order valence-electron chi connectivity index (χ4n) is 6.07. The van der Waals surface area contributed by atoms with Crippen LogP contribution >= 0.6 is 11.3 Å². The maximum absolute atomic E-state index is 13.8. The Morgan fingerprint density at radius 3 is 2.64 bits per heavy atom. The molecule has 0 saturated heterocycles. The van der Waals surface area contributed by atoms with Crippen LogP contribution < -0.4 is 10.0 Å². The molecule has 4 atom stereocenters. The number of anilines is 1. The summed E-state index contributed by atoms with van der Waals surface area (Å²) < 4.78 is 55.6. The van der Waals surface area contributed by atoms with Crippen LogP contribution in [0.2, 0.25) is 0 Å². The number of nitrogens with zero attached hydrogens (tertiary/aromatic N) is 2. The average molecular weight is 557 g/mol. The lowest BCUT2D eigenvalue weighted by molar-refractivity contribution is -0.133. The quantitative estimate of drug-likeness (QED) is 0.488. The zero-order chi connectivity index (χ0) is 26.2. The van der Waals surface area contributed by atoms with Crippen molar-refractivity contribution >= 4 is 48.1 Å². The van der Waals surface area contributed by atoms with Gasteiger partial charge >= 0.3 is 0 Å². The van der Waals surface area contributed by atoms with Crippen LogP contribution in [0.25, 0.3) is 0 Å². The number of hydrogen-bond donors (Lipinski definition) is 3. The van der Waals surface area contributed by atoms with Gasteiger partial charge in [0.1, 0.15) is 21.2 Å². The van der Waals surface area contributed by atoms with Crippen molar-refractivity contribution in [3.05, 3.63) is 22.3 Å². The Morgan fingerprint density at radius 2 is 1.97 bits per heavy atom. The fraction of sp³-hybridized carbons (Fsp3) is 0.652. The number of thiophene rings is 1. The number of rotatable bonds is 6. The van der Waals surface area contributed by atoms with Gasteiger partial charge in [0.25, 0.3) is 15.9 Å². The molecule has 3 N–H and O–H groups in total. The van der Waals surface area contributed by atoms with E-state index in [2.05, 4.69) is 35.2 Å². The van der Waals surface area contributed by atoms with Crippen molar-refractivity contribution in [1.29, 1.82) is 0 Å². The van der Waals surface area contributed by atoms with E-state index >= 15 is 0 Å². The monoisotopic (exact) mass is 556 g/mol. The lowest BCUT2D eigenvalue weighted by atomic mass is 9.77. The zero-order valence-electron chi connectivity index (χ0n) is 20.7. The van der Waals surface area contributed by atoms with Gasteiger partial charge in [-0.15, -0.1) is 15.7 Å². The van der Waals surface area contributed by atoms with Gasteiger partial charge in [-0.3, -0.25) is 4.79 Å². The Bertz CT molecular complexity index is 1390. The van der Waals surface area contributed by atoms with Gasteiger partial charge in [0.05, 0.1) is 6.26 Å². The molecular weight excluding hydrogens is 524 g/mol. The highest BCUT2D eigenvalue weighted by Gasteiger charge is 2.57. The van der Waals surface area contributed by atoms with Gasteiger partial charge in [-0.2, -0.15) is 8.42 Å². The van der Waals surface area contributed by atoms with E-state index in [9.17, 15) is 26.7 Å². The van der Waals surface area contributed by atoms with Gasteiger partial charge in [0, 0.05) is 30.6 Å². The molecule has 13 heteroatoms. The van der Waals surface area contributed by atoms with Crippen LogP contribution in [0.4, 0.5) is 5.00 Å². The molecular formula is C23H32N4O6S3. The van der Waals surface area contributed by atoms with E-state index in [0.717, 1.165) is 43.3 Å². The standard InChI is InChI=1S/C23H32N4O6S3/c1-23(2,3)7-8-27-17-13-6-5-12(9-13)15(17)18(28)16(22(27)29)20-25-21-19(36(32,33)26-20)14(11-34-21)10-24-35(4,30)31/h11-13,15,17,24,28H,5-10H2,1-4H3,(H,25,26)/t12-,13+,15?,17?/m1/s1. The minimum atomic E-state index is -4.24. The van der Waals surface area contributed by atoms with Crippen LogP contribution in [0.15, 0.2) is 26.0 Å². The predicted octanol–water partition coefficient (Wildman–Crippen LogP) is 2.82. The molecule has 0 spiro atoms. The zero-order valence-corrected chi connectivity index (χ0v) is 23.2. The number of sulfonamides is 2. The lowest BCUT2D eigenvalue weighted by Gasteiger charge is -2.44. The van der Waals surface area contributed by atoms with Crippen LogP contribution in [0.5, 0.6) is 0 Å². The molecule has 198 valence electrons. The molecule has 1 aromatic heterocycles. The minimum Gasteiger partial charge on any atom is -0.511 e. The number of aliphatic hydroxyl groups is 1. The van der Waals surface area contributed by atoms with Gasteiger partial charge in [-0.25, -0.2) is 13.1 Å². The van der Waals surface area contributed by atoms with Crippen LogP contribution in [0.3, 0.4) is 0 Å². The molecule has 0 radical (unpaired) electrons. The van der Waals surface area contributed by atoms with E-state index in [0.29, 0.717) is 12.5 Å². The SMILES string of the molecule is CC(C)(C)CCN1C(=O)C(C2=NS(=O)(=O)c3c(CNS(C)(=O)=O)csc3N2)=C(O)C2C1[C@H]1CC[C@@H]2C1. The van der Waals surface area contributed by atoms with Crippen molar-refractivity contribution in [2.45, 2.75) is 63.9 Å². The molecule has 1 amide bonds. The molecule has 2 aliphatic heterocycles. The molecule has 5 rings (SSSR count). The number of nitrogens with one attached hydrogen (secondary N) is 2. The van der Waals surface area contributed by atoms with Gasteiger partial charge in [0.15, 0.2) is 5.84 Å². The molecule has 4 aliphatic rings. The Kier molecular flexibility index (Phi) is 6.09. The first-order valence-electron chi connectivity index (χ1n) is 12.1. The molecule has 3 heterocycles. The second-order valence-corrected chi connectivity index (χ2v) is 15.7. The number of amidine groups is 1. The van der Waals surface area contributed by atoms with Gasteiger partial charge < -0.3 is 15.3 Å². The van der Waals surface area contributed by atoms with E-state index in [1.165, 1.54) is 0 Å². The number of hydrogen-bond acceptors (Lipinski definition) is 8. The lowest BCUT2D eigenvalue weighted by Crippen LogP contribution is -2.54. The third-order valence-corrected chi connectivity index (χ3v) is 10.8. The van der Waals surface area contributed by atoms with E-state index < -0.39 is 26.0 Å². The molecule has 2 bridgehead atoms. The third kappa shape index (κ3) is 4.48. The summed E-state index contributed by atoms with van der Waals surface area (Å²) >= 11 is 1.09. The predicted molar refractivity (Wildman–Crippen MR) is 138 cm³/mol. The molecule has 2 fully saturated rings. The van der Waals surface area contributed by atoms with Crippen LogP contribution in [0.1, 0.15) is 52.0 Å². The Hall–Kier alpha value is -1.96. The first kappa shape index (κ1) is 25.7. The smallest absolute Gasteiger partial charge is 0.287 e. The van der Waals surface area contributed by atoms with Crippen molar-refractivity contribution in [3.8, 4) is 0 Å². The summed E-state index contributed by atoms with van der Waals surface area (Å²) in [5, 5.41) is 16.1. The first-order chi connectivity index (χ1) is 16.7. The fourth-order valence-corrected chi connectivity index (χ4v) is 9.09. The van der Waals surface area contributed by atoms with E-state index in [4.69, 9.17) is 0 Å². The largest absolute Gasteiger partial charge is 0.511 e. The third-order valence-electron chi connectivity index (χ3n) is 7.66. The second kappa shape index (κ2) is 8.53. The van der Waals surface area contributed by atoms with Crippen LogP contribution in [-0.2, 0) is 31.4 Å². The van der Waals surface area contributed by atoms with E-state index in [1.54, 1.807) is 5.38 Å². The number of fused-ring (bicyclic) bond motifs is 6. The maximum atomic E-state index is 13.8. The summed E-state index contributed by atoms with van der Waals surface area (Å²) in [7, 11) is -7.77. The summed E-state index contributed by atoms with van der Waals surface area (Å²) in [6, 6.07) is -0.0749. The van der Waals surface area contributed by atoms with Crippen molar-refractivity contribution in [1.82, 2.24) is 9.62 Å². The minimum absolute atomic E-state index is 0.00296. The van der Waals surface area contributed by atoms with Crippen LogP contribution in [0, 0.1) is 23.2 Å². The molecule has 2 unspecified atom stereocenters. The van der Waals surface area contributed by atoms with E-state index in [1.807, 2.05) is 4.90 Å². The molecule has 36 heavy (non-hydrogen) atoms. The summed E-state index contributed by atoms with van der Waals surface area (Å²) in [5.41, 5.74) is 0.197. The highest BCUT2D eigenvalue weighted by Crippen LogP contribution is 2.55. The molecule has 0 aromatic carbocycles. The summed E-state index contributed by atoms with van der Waals surface area (Å²) in [6.45, 7) is 6.66. The maximum Gasteiger partial charge on any atom is 0.287 e. The Balaban J connectivity index is 1.53. The number of carbonyl (C=O) groups is 1. The molecule has 10 nitrogen and oxygen atoms in total. The van der Waals surface area contributed by atoms with Gasteiger partial charge in [-0.1, -0.05) is 20.8 Å². The normalized spacial score (nSPS) is 29.2. The molecule has 2 saturated carbocycles. The number of carbonyl (C=O) groups excluding carboxylic acids is 1. The number of aliphatic hydroxyl groups excluding tert-OH is 1. The van der Waals surface area contributed by atoms with Gasteiger partial charge in [-0.05, 0) is 48.3 Å². The van der Waals surface area contributed by atoms with Crippen molar-refractivity contribution in [2.75, 3.05) is 18.1 Å². The Morgan fingerprint density at radius 1 is 1.28 bits per heavy atom. The summed E-state index contributed by atoms with van der Waals surface area (Å²) in [6.07, 6.45) is 4.74. The Labute approximate surface area is 216 Å². The first-order valence-corrected chi connectivity index (χ1v) is 16.3. The van der Waals surface area contributed by atoms with Crippen molar-refractivity contribution in [3.63, 3.8) is 0 Å². The average Bonchev–Trinajstić information content (AvgIpc) is 3.45. The summed E-state index contributed by atoms with van der Waals surface area (Å²) in [5.74, 6) is -0.256. The van der Waals surface area contributed by atoms with Crippen LogP contribution in [-0.4, -0.2) is 57.4 Å². The molecule has 2 aliphatic carbocycles. The van der Waals surface area contributed by atoms with Gasteiger partial charge in [0.2, 0.25) is 10.0 Å².